The summed E-state index contributed by atoms with van der Waals surface area (Å²) in [7, 11) is 0. The van der Waals surface area contributed by atoms with Gasteiger partial charge in [-0.25, -0.2) is 9.38 Å². The molecule has 3 atom stereocenters. The Bertz CT molecular complexity index is 1210. The number of aliphatic imine (C=N–C) groups is 1. The summed E-state index contributed by atoms with van der Waals surface area (Å²) in [5.41, 5.74) is 0.786. The van der Waals surface area contributed by atoms with Gasteiger partial charge in [-0.1, -0.05) is 55.3 Å². The summed E-state index contributed by atoms with van der Waals surface area (Å²) in [6.45, 7) is 0. The molecule has 37 heavy (non-hydrogen) atoms. The Hall–Kier alpha value is -3.76. The van der Waals surface area contributed by atoms with Crippen LogP contribution in [0, 0.1) is 23.6 Å². The van der Waals surface area contributed by atoms with Crippen molar-refractivity contribution in [3.63, 3.8) is 0 Å². The maximum Gasteiger partial charge on any atom is 0.389 e. The number of amides is 2. The molecular weight excluding hydrogens is 494 g/mol. The van der Waals surface area contributed by atoms with Gasteiger partial charge in [-0.15, -0.1) is 0 Å². The van der Waals surface area contributed by atoms with E-state index in [2.05, 4.69) is 15.6 Å². The molecule has 3 N–H and O–H groups in total. The fraction of sp³-hybridized carbons (Fsp3) is 0.385. The summed E-state index contributed by atoms with van der Waals surface area (Å²) >= 11 is 0. The largest absolute Gasteiger partial charge is 0.481 e. The molecule has 1 saturated carbocycles. The Labute approximate surface area is 210 Å². The molecule has 2 aliphatic rings. The summed E-state index contributed by atoms with van der Waals surface area (Å²) in [4.78, 5) is 42.5. The van der Waals surface area contributed by atoms with Gasteiger partial charge < -0.3 is 15.7 Å². The van der Waals surface area contributed by atoms with Crippen LogP contribution in [-0.4, -0.2) is 40.9 Å². The molecule has 0 bridgehead atoms. The summed E-state index contributed by atoms with van der Waals surface area (Å²) in [5, 5.41) is 14.5. The normalized spacial score (nSPS) is 19.1. The zero-order valence-corrected chi connectivity index (χ0v) is 19.6. The lowest BCUT2D eigenvalue weighted by Crippen LogP contribution is -2.47. The van der Waals surface area contributed by atoms with Gasteiger partial charge in [0, 0.05) is 17.5 Å². The number of hydrogen-bond donors (Lipinski definition) is 3. The molecule has 4 rings (SSSR count). The van der Waals surface area contributed by atoms with E-state index in [1.807, 2.05) is 0 Å². The third-order valence-electron chi connectivity index (χ3n) is 6.51. The predicted octanol–water partition coefficient (Wildman–Crippen LogP) is 4.52. The number of benzene rings is 2. The highest BCUT2D eigenvalue weighted by atomic mass is 19.4. The average Bonchev–Trinajstić information content (AvgIpc) is 3.67. The molecular formula is C26H25F4N3O4. The summed E-state index contributed by atoms with van der Waals surface area (Å²) in [6, 6.07) is 12.6. The highest BCUT2D eigenvalue weighted by Crippen LogP contribution is 2.39. The lowest BCUT2D eigenvalue weighted by Gasteiger charge is -2.25. The van der Waals surface area contributed by atoms with Crippen LogP contribution in [0.3, 0.4) is 0 Å². The van der Waals surface area contributed by atoms with E-state index in [-0.39, 0.29) is 29.3 Å². The quantitative estimate of drug-likeness (QED) is 0.424. The van der Waals surface area contributed by atoms with Crippen molar-refractivity contribution in [1.82, 2.24) is 5.32 Å². The Morgan fingerprint density at radius 2 is 1.78 bits per heavy atom. The topological polar surface area (TPSA) is 108 Å². The van der Waals surface area contributed by atoms with Crippen molar-refractivity contribution < 1.29 is 37.1 Å². The molecule has 2 amide bonds. The van der Waals surface area contributed by atoms with E-state index in [1.54, 1.807) is 30.3 Å². The number of carbonyl (C=O) groups is 3. The summed E-state index contributed by atoms with van der Waals surface area (Å²) < 4.78 is 53.7. The first-order valence-corrected chi connectivity index (χ1v) is 11.9. The van der Waals surface area contributed by atoms with Crippen LogP contribution in [0.15, 0.2) is 53.5 Å². The van der Waals surface area contributed by atoms with E-state index in [0.29, 0.717) is 5.56 Å². The van der Waals surface area contributed by atoms with Crippen LogP contribution in [0.2, 0.25) is 0 Å². The molecule has 0 spiro atoms. The summed E-state index contributed by atoms with van der Waals surface area (Å²) in [6.07, 6.45) is -6.77. The molecule has 7 nitrogen and oxygen atoms in total. The van der Waals surface area contributed by atoms with Crippen LogP contribution in [-0.2, 0) is 14.4 Å². The van der Waals surface area contributed by atoms with Crippen LogP contribution in [0.4, 0.5) is 23.2 Å². The van der Waals surface area contributed by atoms with Crippen molar-refractivity contribution in [2.75, 3.05) is 5.32 Å². The lowest BCUT2D eigenvalue weighted by molar-refractivity contribution is -0.154. The van der Waals surface area contributed by atoms with Crippen LogP contribution >= 0.6 is 0 Å². The molecule has 11 heteroatoms. The van der Waals surface area contributed by atoms with Gasteiger partial charge in [-0.2, -0.15) is 13.2 Å². The fourth-order valence-electron chi connectivity index (χ4n) is 4.45. The van der Waals surface area contributed by atoms with E-state index < -0.39 is 60.6 Å². The second kappa shape index (κ2) is 10.7. The molecule has 0 radical (unpaired) electrons. The SMILES string of the molecule is O=C1Nc2c(F)cccc2C(c2ccccc2)=NC1NC(=O)[C@@H](CCC(F)(F)F)C(CC1CC1)C(=O)O. The van der Waals surface area contributed by atoms with Gasteiger partial charge in [0.15, 0.2) is 0 Å². The van der Waals surface area contributed by atoms with Crippen LogP contribution in [0.5, 0.6) is 0 Å². The maximum absolute atomic E-state index is 14.6. The van der Waals surface area contributed by atoms with E-state index in [9.17, 15) is 37.1 Å². The Morgan fingerprint density at radius 1 is 1.08 bits per heavy atom. The van der Waals surface area contributed by atoms with E-state index in [4.69, 9.17) is 0 Å². The first kappa shape index (κ1) is 26.3. The third-order valence-corrected chi connectivity index (χ3v) is 6.51. The Balaban J connectivity index is 1.67. The molecule has 1 heterocycles. The van der Waals surface area contributed by atoms with Crippen molar-refractivity contribution in [3.05, 3.63) is 65.5 Å². The van der Waals surface area contributed by atoms with Crippen molar-refractivity contribution >= 4 is 29.2 Å². The van der Waals surface area contributed by atoms with Crippen LogP contribution in [0.25, 0.3) is 0 Å². The molecule has 0 saturated heterocycles. The average molecular weight is 519 g/mol. The molecule has 1 aliphatic heterocycles. The number of rotatable bonds is 9. The number of hydrogen-bond acceptors (Lipinski definition) is 4. The van der Waals surface area contributed by atoms with Gasteiger partial charge in [0.05, 0.1) is 23.2 Å². The van der Waals surface area contributed by atoms with Crippen LogP contribution in [0.1, 0.15) is 43.2 Å². The van der Waals surface area contributed by atoms with Crippen LogP contribution < -0.4 is 10.6 Å². The first-order valence-electron chi connectivity index (χ1n) is 11.9. The van der Waals surface area contributed by atoms with E-state index in [0.717, 1.165) is 18.9 Å². The molecule has 1 fully saturated rings. The zero-order valence-electron chi connectivity index (χ0n) is 19.6. The van der Waals surface area contributed by atoms with E-state index in [1.165, 1.54) is 12.1 Å². The second-order valence-corrected chi connectivity index (χ2v) is 9.29. The minimum atomic E-state index is -4.60. The number of anilines is 1. The second-order valence-electron chi connectivity index (χ2n) is 9.29. The smallest absolute Gasteiger partial charge is 0.389 e. The van der Waals surface area contributed by atoms with Gasteiger partial charge >= 0.3 is 12.1 Å². The lowest BCUT2D eigenvalue weighted by atomic mass is 9.83. The number of benzodiazepines with no additional fused rings is 1. The van der Waals surface area contributed by atoms with Gasteiger partial charge in [-0.05, 0) is 24.8 Å². The number of aliphatic carboxylic acids is 1. The standard InChI is InChI=1S/C26H25F4N3O4/c27-19-8-4-7-17-20(15-5-2-1-3-6-15)31-22(24(35)32-21(17)19)33-23(34)16(11-12-26(28,29)30)18(25(36)37)13-14-9-10-14/h1-8,14,16,18,22H,9-13H2,(H,32,35)(H,33,34)(H,36,37)/t16-,18?,22?/m0/s1. The number of nitrogens with one attached hydrogen (secondary N) is 2. The minimum absolute atomic E-state index is 0.0312. The van der Waals surface area contributed by atoms with Crippen molar-refractivity contribution in [3.8, 4) is 0 Å². The molecule has 1 aliphatic carbocycles. The van der Waals surface area contributed by atoms with Gasteiger partial charge in [0.2, 0.25) is 12.1 Å². The Kier molecular flexibility index (Phi) is 7.60. The number of carboxylic acid groups (broad SMARTS) is 1. The van der Waals surface area contributed by atoms with Gasteiger partial charge in [0.25, 0.3) is 5.91 Å². The number of halogens is 4. The Morgan fingerprint density at radius 3 is 2.41 bits per heavy atom. The zero-order chi connectivity index (χ0) is 26.7. The molecule has 2 unspecified atom stereocenters. The number of alkyl halides is 3. The minimum Gasteiger partial charge on any atom is -0.481 e. The number of para-hydroxylation sites is 1. The highest BCUT2D eigenvalue weighted by Gasteiger charge is 2.41. The van der Waals surface area contributed by atoms with Crippen molar-refractivity contribution in [1.29, 1.82) is 0 Å². The summed E-state index contributed by atoms with van der Waals surface area (Å²) in [5.74, 6) is -6.90. The van der Waals surface area contributed by atoms with Gasteiger partial charge in [0.1, 0.15) is 5.82 Å². The first-order chi connectivity index (χ1) is 17.5. The highest BCUT2D eigenvalue weighted by molar-refractivity contribution is 6.19. The van der Waals surface area contributed by atoms with E-state index >= 15 is 0 Å². The number of fused-ring (bicyclic) bond motifs is 1. The maximum atomic E-state index is 14.6. The molecule has 196 valence electrons. The number of carboxylic acids is 1. The third kappa shape index (κ3) is 6.52. The number of nitrogens with zero attached hydrogens (tertiary/aromatic N) is 1. The fourth-order valence-corrected chi connectivity index (χ4v) is 4.45. The van der Waals surface area contributed by atoms with Crippen molar-refractivity contribution in [2.24, 2.45) is 22.7 Å². The molecule has 0 aromatic heterocycles. The number of carbonyl (C=O) groups excluding carboxylic acids is 2. The van der Waals surface area contributed by atoms with Crippen molar-refractivity contribution in [2.45, 2.75) is 44.4 Å². The van der Waals surface area contributed by atoms with Gasteiger partial charge in [-0.3, -0.25) is 14.4 Å². The molecule has 2 aromatic rings. The monoisotopic (exact) mass is 519 g/mol. The predicted molar refractivity (Wildman–Crippen MR) is 126 cm³/mol. The molecule has 2 aromatic carbocycles.